The van der Waals surface area contributed by atoms with Gasteiger partial charge in [0.05, 0.1) is 3.39 Å². The van der Waals surface area contributed by atoms with Gasteiger partial charge in [-0.15, -0.1) is 0 Å². The second-order valence-electron chi connectivity index (χ2n) is 3.34. The third-order valence-electron chi connectivity index (χ3n) is 2.81. The average molecular weight is 297 g/mol. The van der Waals surface area contributed by atoms with Crippen LogP contribution in [0.5, 0.6) is 0 Å². The van der Waals surface area contributed by atoms with E-state index >= 15 is 0 Å². The first-order valence-electron chi connectivity index (χ1n) is 3.65. The summed E-state index contributed by atoms with van der Waals surface area (Å²) in [6.07, 6.45) is 1.86. The predicted octanol–water partition coefficient (Wildman–Crippen LogP) is 1.64. The van der Waals surface area contributed by atoms with Gasteiger partial charge in [0.1, 0.15) is 0 Å². The first-order chi connectivity index (χ1) is 5.40. The van der Waals surface area contributed by atoms with Gasteiger partial charge in [-0.2, -0.15) is 0 Å². The molecule has 0 N–H and O–H groups in total. The minimum atomic E-state index is -0.961. The molecule has 1 aliphatic carbocycles. The Kier molecular flexibility index (Phi) is 2.69. The number of carboxylic acid groups (broad SMARTS) is 1. The van der Waals surface area contributed by atoms with E-state index < -0.39 is 11.4 Å². The molecule has 1 aliphatic rings. The molecule has 0 aromatic rings. The van der Waals surface area contributed by atoms with Crippen molar-refractivity contribution in [2.75, 3.05) is 0 Å². The van der Waals surface area contributed by atoms with Crippen molar-refractivity contribution in [1.29, 1.82) is 0 Å². The standard InChI is InChI=1S/C8H10Br2O2/c1-4-5(3-6(9)10)8(4,2)7(11)12/h3-5H,1-2H3,(H,11,12)/p-1. The second kappa shape index (κ2) is 3.14. The molecule has 4 heteroatoms. The summed E-state index contributed by atoms with van der Waals surface area (Å²) in [5.41, 5.74) is -0.674. The van der Waals surface area contributed by atoms with E-state index in [1.165, 1.54) is 0 Å². The summed E-state index contributed by atoms with van der Waals surface area (Å²) in [7, 11) is 0. The molecular weight excluding hydrogens is 288 g/mol. The third-order valence-corrected chi connectivity index (χ3v) is 3.34. The van der Waals surface area contributed by atoms with E-state index in [9.17, 15) is 9.90 Å². The molecule has 0 aromatic heterocycles. The Labute approximate surface area is 88.3 Å². The van der Waals surface area contributed by atoms with Crippen LogP contribution in [0.4, 0.5) is 0 Å². The Hall–Kier alpha value is 0.170. The quantitative estimate of drug-likeness (QED) is 0.777. The van der Waals surface area contributed by atoms with Crippen molar-refractivity contribution in [2.45, 2.75) is 13.8 Å². The largest absolute Gasteiger partial charge is 0.550 e. The van der Waals surface area contributed by atoms with Gasteiger partial charge in [0.2, 0.25) is 0 Å². The summed E-state index contributed by atoms with van der Waals surface area (Å²) in [5, 5.41) is 10.7. The minimum absolute atomic E-state index is 0.0799. The maximum absolute atomic E-state index is 10.7. The van der Waals surface area contributed by atoms with Gasteiger partial charge in [0.15, 0.2) is 0 Å². The minimum Gasteiger partial charge on any atom is -0.550 e. The number of carboxylic acids is 1. The lowest BCUT2D eigenvalue weighted by molar-refractivity contribution is -0.314. The lowest BCUT2D eigenvalue weighted by Crippen LogP contribution is -2.32. The summed E-state index contributed by atoms with van der Waals surface area (Å²) in [4.78, 5) is 10.7. The molecule has 2 nitrogen and oxygen atoms in total. The number of hydrogen-bond acceptors (Lipinski definition) is 2. The maximum Gasteiger partial charge on any atom is 0.0567 e. The molecule has 1 saturated carbocycles. The molecule has 0 aromatic carbocycles. The van der Waals surface area contributed by atoms with Crippen molar-refractivity contribution >= 4 is 37.8 Å². The fourth-order valence-electron chi connectivity index (χ4n) is 1.54. The number of allylic oxidation sites excluding steroid dienone is 1. The zero-order valence-electron chi connectivity index (χ0n) is 6.80. The van der Waals surface area contributed by atoms with Crippen molar-refractivity contribution in [1.82, 2.24) is 0 Å². The highest BCUT2D eigenvalue weighted by Crippen LogP contribution is 2.59. The summed E-state index contributed by atoms with van der Waals surface area (Å²) < 4.78 is 0.803. The van der Waals surface area contributed by atoms with Gasteiger partial charge in [-0.05, 0) is 43.7 Å². The monoisotopic (exact) mass is 295 g/mol. The summed E-state index contributed by atoms with van der Waals surface area (Å²) in [5.74, 6) is -0.721. The Morgan fingerprint density at radius 3 is 2.33 bits per heavy atom. The van der Waals surface area contributed by atoms with E-state index in [-0.39, 0.29) is 11.8 Å². The second-order valence-corrected chi connectivity index (χ2v) is 6.11. The molecule has 0 aliphatic heterocycles. The maximum atomic E-state index is 10.7. The molecule has 0 saturated heterocycles. The van der Waals surface area contributed by atoms with Crippen molar-refractivity contribution in [3.05, 3.63) is 9.47 Å². The molecule has 3 atom stereocenters. The molecule has 68 valence electrons. The average Bonchev–Trinajstić information content (AvgIpc) is 2.41. The molecule has 0 bridgehead atoms. The van der Waals surface area contributed by atoms with Gasteiger partial charge in [0.25, 0.3) is 0 Å². The Bertz CT molecular complexity index is 245. The van der Waals surface area contributed by atoms with Crippen molar-refractivity contribution in [3.8, 4) is 0 Å². The van der Waals surface area contributed by atoms with E-state index in [0.717, 1.165) is 3.39 Å². The van der Waals surface area contributed by atoms with Crippen LogP contribution >= 0.6 is 31.9 Å². The molecule has 1 rings (SSSR count). The van der Waals surface area contributed by atoms with Gasteiger partial charge in [-0.25, -0.2) is 0 Å². The Balaban J connectivity index is 2.77. The number of aliphatic carboxylic acids is 1. The number of carbonyl (C=O) groups is 1. The van der Waals surface area contributed by atoms with Crippen molar-refractivity contribution < 1.29 is 9.90 Å². The van der Waals surface area contributed by atoms with Crippen LogP contribution in [0.2, 0.25) is 0 Å². The highest BCUT2D eigenvalue weighted by atomic mass is 79.9. The van der Waals surface area contributed by atoms with Crippen LogP contribution in [0.25, 0.3) is 0 Å². The van der Waals surface area contributed by atoms with Crippen LogP contribution in [0.15, 0.2) is 9.47 Å². The number of carbonyl (C=O) groups excluding carboxylic acids is 1. The number of rotatable bonds is 2. The van der Waals surface area contributed by atoms with Crippen LogP contribution in [0.3, 0.4) is 0 Å². The van der Waals surface area contributed by atoms with Crippen LogP contribution < -0.4 is 5.11 Å². The summed E-state index contributed by atoms with van der Waals surface area (Å²) in [6.45, 7) is 3.64. The van der Waals surface area contributed by atoms with Gasteiger partial charge in [-0.1, -0.05) is 19.9 Å². The molecule has 0 amide bonds. The molecule has 0 spiro atoms. The van der Waals surface area contributed by atoms with Gasteiger partial charge in [-0.3, -0.25) is 0 Å². The highest BCUT2D eigenvalue weighted by molar-refractivity contribution is 9.28. The Morgan fingerprint density at radius 2 is 2.08 bits per heavy atom. The van der Waals surface area contributed by atoms with Crippen molar-refractivity contribution in [2.24, 2.45) is 17.3 Å². The fraction of sp³-hybridized carbons (Fsp3) is 0.625. The molecule has 1 fully saturated rings. The molecule has 0 radical (unpaired) electrons. The lowest BCUT2D eigenvalue weighted by atomic mass is 10.1. The van der Waals surface area contributed by atoms with E-state index in [0.29, 0.717) is 0 Å². The number of hydrogen-bond donors (Lipinski definition) is 0. The SMILES string of the molecule is CC1C(C=C(Br)Br)C1(C)C(=O)[O-]. The normalized spacial score (nSPS) is 39.0. The first kappa shape index (κ1) is 10.3. The fourth-order valence-corrected chi connectivity index (χ4v) is 2.11. The van der Waals surface area contributed by atoms with Crippen LogP contribution in [-0.4, -0.2) is 5.97 Å². The molecule has 12 heavy (non-hydrogen) atoms. The van der Waals surface area contributed by atoms with Crippen LogP contribution in [0, 0.1) is 17.3 Å². The van der Waals surface area contributed by atoms with E-state index in [4.69, 9.17) is 0 Å². The Morgan fingerprint density at radius 1 is 1.58 bits per heavy atom. The smallest absolute Gasteiger partial charge is 0.0567 e. The topological polar surface area (TPSA) is 40.1 Å². The highest BCUT2D eigenvalue weighted by Gasteiger charge is 2.58. The van der Waals surface area contributed by atoms with E-state index in [1.807, 2.05) is 13.0 Å². The lowest BCUT2D eigenvalue weighted by Gasteiger charge is -2.10. The zero-order chi connectivity index (χ0) is 9.52. The first-order valence-corrected chi connectivity index (χ1v) is 5.23. The van der Waals surface area contributed by atoms with Gasteiger partial charge >= 0.3 is 0 Å². The number of halogens is 2. The van der Waals surface area contributed by atoms with Gasteiger partial charge < -0.3 is 9.90 Å². The molecule has 0 heterocycles. The van der Waals surface area contributed by atoms with Crippen LogP contribution in [0.1, 0.15) is 13.8 Å². The summed E-state index contributed by atoms with van der Waals surface area (Å²) >= 11 is 6.42. The van der Waals surface area contributed by atoms with E-state index in [2.05, 4.69) is 31.9 Å². The van der Waals surface area contributed by atoms with Gasteiger partial charge in [0, 0.05) is 11.4 Å². The third kappa shape index (κ3) is 1.46. The molecular formula is C8H9Br2O2-. The zero-order valence-corrected chi connectivity index (χ0v) is 9.98. The molecule has 3 unspecified atom stereocenters. The van der Waals surface area contributed by atoms with Crippen LogP contribution in [-0.2, 0) is 4.79 Å². The van der Waals surface area contributed by atoms with E-state index in [1.54, 1.807) is 6.92 Å². The summed E-state index contributed by atoms with van der Waals surface area (Å²) in [6, 6.07) is 0. The van der Waals surface area contributed by atoms with Crippen molar-refractivity contribution in [3.63, 3.8) is 0 Å². The predicted molar refractivity (Wildman–Crippen MR) is 51.7 cm³/mol.